The molecule has 6 nitrogen and oxygen atoms in total. The molecule has 0 aliphatic carbocycles. The van der Waals surface area contributed by atoms with Gasteiger partial charge in [-0.2, -0.15) is 0 Å². The molecule has 3 rings (SSSR count). The predicted molar refractivity (Wildman–Crippen MR) is 102 cm³/mol. The number of piperidine rings is 1. The molecule has 1 aliphatic rings. The Balaban J connectivity index is 1.80. The molecule has 0 radical (unpaired) electrons. The summed E-state index contributed by atoms with van der Waals surface area (Å²) < 4.78 is 0. The van der Waals surface area contributed by atoms with Gasteiger partial charge in [-0.05, 0) is 48.9 Å². The van der Waals surface area contributed by atoms with Gasteiger partial charge in [0.1, 0.15) is 5.69 Å². The van der Waals surface area contributed by atoms with E-state index in [0.717, 1.165) is 25.9 Å². The summed E-state index contributed by atoms with van der Waals surface area (Å²) in [6.45, 7) is 3.66. The molecule has 0 spiro atoms. The van der Waals surface area contributed by atoms with Gasteiger partial charge < -0.3 is 10.2 Å². The molecule has 1 amide bonds. The molecular formula is C20H23N3O3. The first-order chi connectivity index (χ1) is 12.5. The van der Waals surface area contributed by atoms with Crippen LogP contribution in [0.15, 0.2) is 42.5 Å². The molecule has 136 valence electrons. The molecule has 2 aromatic rings. The van der Waals surface area contributed by atoms with Crippen molar-refractivity contribution in [2.24, 2.45) is 0 Å². The number of amides is 1. The number of nitro groups is 1. The highest BCUT2D eigenvalue weighted by Gasteiger charge is 2.27. The average molecular weight is 353 g/mol. The standard InChI is InChI=1S/C20H23N3O3/c1-14-5-3-4-6-17(14)15-9-11-22(12-10-15)18-8-7-16(20(24)21-2)13-19(18)23(25)26/h3-8,13,15H,9-12H2,1-2H3,(H,21,24). The quantitative estimate of drug-likeness (QED) is 0.672. The minimum Gasteiger partial charge on any atom is -0.366 e. The van der Waals surface area contributed by atoms with E-state index in [1.54, 1.807) is 12.1 Å². The minimum absolute atomic E-state index is 0.0135. The van der Waals surface area contributed by atoms with Crippen LogP contribution in [-0.2, 0) is 0 Å². The number of anilines is 1. The summed E-state index contributed by atoms with van der Waals surface area (Å²) >= 11 is 0. The number of benzene rings is 2. The van der Waals surface area contributed by atoms with Gasteiger partial charge in [-0.3, -0.25) is 14.9 Å². The van der Waals surface area contributed by atoms with Crippen molar-refractivity contribution in [2.75, 3.05) is 25.0 Å². The van der Waals surface area contributed by atoms with Crippen LogP contribution in [0, 0.1) is 17.0 Å². The summed E-state index contributed by atoms with van der Waals surface area (Å²) in [5, 5.41) is 14.0. The SMILES string of the molecule is CNC(=O)c1ccc(N2CCC(c3ccccc3C)CC2)c([N+](=O)[O-])c1. The number of carbonyl (C=O) groups excluding carboxylic acids is 1. The smallest absolute Gasteiger partial charge is 0.293 e. The van der Waals surface area contributed by atoms with Crippen LogP contribution >= 0.6 is 0 Å². The maximum absolute atomic E-state index is 11.8. The molecule has 0 aromatic heterocycles. The number of carbonyl (C=O) groups is 1. The van der Waals surface area contributed by atoms with Crippen LogP contribution in [0.1, 0.15) is 40.2 Å². The Morgan fingerprint density at radius 3 is 2.50 bits per heavy atom. The first kappa shape index (κ1) is 17.9. The van der Waals surface area contributed by atoms with Crippen LogP contribution in [-0.4, -0.2) is 31.0 Å². The number of hydrogen-bond acceptors (Lipinski definition) is 4. The number of nitrogens with zero attached hydrogens (tertiary/aromatic N) is 2. The molecule has 0 saturated carbocycles. The van der Waals surface area contributed by atoms with Gasteiger partial charge in [-0.25, -0.2) is 0 Å². The van der Waals surface area contributed by atoms with Gasteiger partial charge in [0, 0.05) is 31.8 Å². The maximum Gasteiger partial charge on any atom is 0.293 e. The second-order valence-corrected chi connectivity index (χ2v) is 6.66. The van der Waals surface area contributed by atoms with E-state index < -0.39 is 4.92 Å². The molecule has 1 aliphatic heterocycles. The summed E-state index contributed by atoms with van der Waals surface area (Å²) in [5.74, 6) is 0.162. The van der Waals surface area contributed by atoms with Gasteiger partial charge >= 0.3 is 0 Å². The largest absolute Gasteiger partial charge is 0.366 e. The monoisotopic (exact) mass is 353 g/mol. The Hall–Kier alpha value is -2.89. The van der Waals surface area contributed by atoms with Gasteiger partial charge in [-0.1, -0.05) is 24.3 Å². The Bertz CT molecular complexity index is 827. The second-order valence-electron chi connectivity index (χ2n) is 6.66. The van der Waals surface area contributed by atoms with E-state index in [1.165, 1.54) is 24.2 Å². The number of nitro benzene ring substituents is 1. The molecule has 0 unspecified atom stereocenters. The Kier molecular flexibility index (Phi) is 5.21. The van der Waals surface area contributed by atoms with Crippen LogP contribution < -0.4 is 10.2 Å². The van der Waals surface area contributed by atoms with E-state index in [1.807, 2.05) is 6.07 Å². The highest BCUT2D eigenvalue weighted by atomic mass is 16.6. The van der Waals surface area contributed by atoms with Crippen molar-refractivity contribution in [3.63, 3.8) is 0 Å². The lowest BCUT2D eigenvalue weighted by Crippen LogP contribution is -2.33. The van der Waals surface area contributed by atoms with Crippen LogP contribution in [0.2, 0.25) is 0 Å². The Labute approximate surface area is 153 Å². The fourth-order valence-electron chi connectivity index (χ4n) is 3.70. The van der Waals surface area contributed by atoms with E-state index in [-0.39, 0.29) is 11.6 Å². The summed E-state index contributed by atoms with van der Waals surface area (Å²) in [6.07, 6.45) is 1.92. The lowest BCUT2D eigenvalue weighted by molar-refractivity contribution is -0.384. The summed E-state index contributed by atoms with van der Waals surface area (Å²) in [6, 6.07) is 13.1. The lowest BCUT2D eigenvalue weighted by Gasteiger charge is -2.34. The van der Waals surface area contributed by atoms with E-state index >= 15 is 0 Å². The van der Waals surface area contributed by atoms with Crippen molar-refractivity contribution in [2.45, 2.75) is 25.7 Å². The molecule has 26 heavy (non-hydrogen) atoms. The first-order valence-corrected chi connectivity index (χ1v) is 8.82. The molecule has 0 atom stereocenters. The summed E-state index contributed by atoms with van der Waals surface area (Å²) in [5.41, 5.74) is 3.55. The topological polar surface area (TPSA) is 75.5 Å². The molecule has 0 bridgehead atoms. The van der Waals surface area contributed by atoms with Gasteiger partial charge in [-0.15, -0.1) is 0 Å². The molecule has 1 heterocycles. The van der Waals surface area contributed by atoms with Crippen molar-refractivity contribution in [1.82, 2.24) is 5.32 Å². The van der Waals surface area contributed by atoms with Gasteiger partial charge in [0.25, 0.3) is 11.6 Å². The van der Waals surface area contributed by atoms with E-state index in [4.69, 9.17) is 0 Å². The normalized spacial score (nSPS) is 14.9. The zero-order valence-corrected chi connectivity index (χ0v) is 15.1. The fraction of sp³-hybridized carbons (Fsp3) is 0.350. The van der Waals surface area contributed by atoms with Crippen molar-refractivity contribution < 1.29 is 9.72 Å². The van der Waals surface area contributed by atoms with Crippen molar-refractivity contribution >= 4 is 17.3 Å². The Morgan fingerprint density at radius 1 is 1.19 bits per heavy atom. The molecule has 6 heteroatoms. The number of rotatable bonds is 4. The van der Waals surface area contributed by atoms with Crippen LogP contribution in [0.5, 0.6) is 0 Å². The molecule has 1 saturated heterocycles. The zero-order valence-electron chi connectivity index (χ0n) is 15.1. The minimum atomic E-state index is -0.408. The Morgan fingerprint density at radius 2 is 1.88 bits per heavy atom. The van der Waals surface area contributed by atoms with Crippen molar-refractivity contribution in [1.29, 1.82) is 0 Å². The highest BCUT2D eigenvalue weighted by Crippen LogP contribution is 2.36. The third-order valence-corrected chi connectivity index (χ3v) is 5.13. The molecule has 2 aromatic carbocycles. The maximum atomic E-state index is 11.8. The average Bonchev–Trinajstić information content (AvgIpc) is 2.67. The number of aryl methyl sites for hydroxylation is 1. The third-order valence-electron chi connectivity index (χ3n) is 5.13. The predicted octanol–water partition coefficient (Wildman–Crippen LogP) is 3.65. The molecular weight excluding hydrogens is 330 g/mol. The van der Waals surface area contributed by atoms with Crippen LogP contribution in [0.25, 0.3) is 0 Å². The van der Waals surface area contributed by atoms with E-state index in [0.29, 0.717) is 17.2 Å². The van der Waals surface area contributed by atoms with E-state index in [9.17, 15) is 14.9 Å². The van der Waals surface area contributed by atoms with Gasteiger partial charge in [0.15, 0.2) is 0 Å². The zero-order chi connectivity index (χ0) is 18.7. The summed E-state index contributed by atoms with van der Waals surface area (Å²) in [7, 11) is 1.51. The molecule has 1 fully saturated rings. The van der Waals surface area contributed by atoms with Crippen LogP contribution in [0.3, 0.4) is 0 Å². The van der Waals surface area contributed by atoms with Crippen molar-refractivity contribution in [3.05, 3.63) is 69.3 Å². The second kappa shape index (κ2) is 7.56. The van der Waals surface area contributed by atoms with E-state index in [2.05, 4.69) is 35.3 Å². The van der Waals surface area contributed by atoms with Gasteiger partial charge in [0.05, 0.1) is 4.92 Å². The number of nitrogens with one attached hydrogen (secondary N) is 1. The molecule has 1 N–H and O–H groups in total. The van der Waals surface area contributed by atoms with Crippen LogP contribution in [0.4, 0.5) is 11.4 Å². The number of hydrogen-bond donors (Lipinski definition) is 1. The first-order valence-electron chi connectivity index (χ1n) is 8.82. The third kappa shape index (κ3) is 3.54. The lowest BCUT2D eigenvalue weighted by atomic mass is 9.86. The van der Waals surface area contributed by atoms with Gasteiger partial charge in [0.2, 0.25) is 0 Å². The van der Waals surface area contributed by atoms with Crippen molar-refractivity contribution in [3.8, 4) is 0 Å². The highest BCUT2D eigenvalue weighted by molar-refractivity contribution is 5.95. The summed E-state index contributed by atoms with van der Waals surface area (Å²) in [4.78, 5) is 24.9. The fourth-order valence-corrected chi connectivity index (χ4v) is 3.70.